The third kappa shape index (κ3) is 2.50. The van der Waals surface area contributed by atoms with E-state index in [4.69, 9.17) is 0 Å². The lowest BCUT2D eigenvalue weighted by Crippen LogP contribution is -2.40. The van der Waals surface area contributed by atoms with Crippen molar-refractivity contribution in [1.29, 1.82) is 0 Å². The molecule has 0 saturated carbocycles. The van der Waals surface area contributed by atoms with E-state index in [-0.39, 0.29) is 0 Å². The van der Waals surface area contributed by atoms with Crippen LogP contribution in [0.15, 0.2) is 12.2 Å². The Morgan fingerprint density at radius 1 is 1.54 bits per heavy atom. The van der Waals surface area contributed by atoms with Gasteiger partial charge in [0.25, 0.3) is 6.08 Å². The highest BCUT2D eigenvalue weighted by Gasteiger charge is 2.34. The van der Waals surface area contributed by atoms with E-state index >= 15 is 0 Å². The molecule has 13 heavy (non-hydrogen) atoms. The molecule has 1 rings (SSSR count). The maximum absolute atomic E-state index is 12.2. The molecule has 0 bridgehead atoms. The lowest BCUT2D eigenvalue weighted by Gasteiger charge is -2.24. The second-order valence-electron chi connectivity index (χ2n) is 3.73. The predicted molar refractivity (Wildman–Crippen MR) is 49.8 cm³/mol. The molecule has 1 aliphatic rings. The van der Waals surface area contributed by atoms with Crippen molar-refractivity contribution >= 4 is 0 Å². The van der Waals surface area contributed by atoms with Crippen LogP contribution in [0.2, 0.25) is 0 Å². The zero-order valence-electron chi connectivity index (χ0n) is 8.24. The van der Waals surface area contributed by atoms with Crippen molar-refractivity contribution in [3.8, 4) is 0 Å². The Morgan fingerprint density at radius 2 is 2.23 bits per heavy atom. The van der Waals surface area contributed by atoms with Gasteiger partial charge in [0.1, 0.15) is 0 Å². The summed E-state index contributed by atoms with van der Waals surface area (Å²) >= 11 is 0. The third-order valence-electron chi connectivity index (χ3n) is 2.94. The van der Waals surface area contributed by atoms with E-state index in [0.29, 0.717) is 6.04 Å². The molecule has 1 saturated heterocycles. The Bertz CT molecular complexity index is 199. The average molecular weight is 189 g/mol. The number of halogens is 2. The van der Waals surface area contributed by atoms with Crippen LogP contribution >= 0.6 is 0 Å². The second-order valence-corrected chi connectivity index (χ2v) is 3.73. The van der Waals surface area contributed by atoms with Crippen molar-refractivity contribution in [1.82, 2.24) is 5.32 Å². The van der Waals surface area contributed by atoms with Gasteiger partial charge in [0, 0.05) is 17.7 Å². The molecule has 76 valence electrons. The highest BCUT2D eigenvalue weighted by Crippen LogP contribution is 2.30. The van der Waals surface area contributed by atoms with E-state index < -0.39 is 11.6 Å². The van der Waals surface area contributed by atoms with Crippen molar-refractivity contribution in [2.24, 2.45) is 0 Å². The van der Waals surface area contributed by atoms with Crippen LogP contribution in [0.1, 0.15) is 39.5 Å². The maximum Gasteiger partial charge on any atom is 0.268 e. The Morgan fingerprint density at radius 3 is 2.62 bits per heavy atom. The maximum atomic E-state index is 12.2. The van der Waals surface area contributed by atoms with Gasteiger partial charge in [0.15, 0.2) is 0 Å². The summed E-state index contributed by atoms with van der Waals surface area (Å²) in [6.45, 7) is 4.03. The molecular weight excluding hydrogens is 172 g/mol. The monoisotopic (exact) mass is 189 g/mol. The number of nitrogens with one attached hydrogen (secondary N) is 1. The van der Waals surface area contributed by atoms with Gasteiger partial charge < -0.3 is 5.32 Å². The standard InChI is InChI=1S/C10H17F2N/c1-3-8-5-6-10(4-2,13-8)7-9(11)12/h7-8,13H,3-6H2,1-2H3/t8-,10+/m0/s1. The van der Waals surface area contributed by atoms with Gasteiger partial charge >= 0.3 is 0 Å². The van der Waals surface area contributed by atoms with Gasteiger partial charge in [-0.3, -0.25) is 0 Å². The molecule has 0 spiro atoms. The number of hydrogen-bond acceptors (Lipinski definition) is 1. The molecule has 3 heteroatoms. The quantitative estimate of drug-likeness (QED) is 0.719. The summed E-state index contributed by atoms with van der Waals surface area (Å²) in [4.78, 5) is 0. The molecule has 1 N–H and O–H groups in total. The normalized spacial score (nSPS) is 33.4. The van der Waals surface area contributed by atoms with Crippen molar-refractivity contribution in [3.05, 3.63) is 12.2 Å². The molecule has 0 unspecified atom stereocenters. The van der Waals surface area contributed by atoms with Crippen LogP contribution in [0.25, 0.3) is 0 Å². The van der Waals surface area contributed by atoms with Gasteiger partial charge in [-0.1, -0.05) is 13.8 Å². The van der Waals surface area contributed by atoms with E-state index in [9.17, 15) is 8.78 Å². The third-order valence-corrected chi connectivity index (χ3v) is 2.94. The summed E-state index contributed by atoms with van der Waals surface area (Å²) in [7, 11) is 0. The molecule has 0 radical (unpaired) electrons. The summed E-state index contributed by atoms with van der Waals surface area (Å²) in [6, 6.07) is 0.413. The fourth-order valence-corrected chi connectivity index (χ4v) is 1.99. The van der Waals surface area contributed by atoms with Crippen molar-refractivity contribution in [2.45, 2.75) is 51.1 Å². The van der Waals surface area contributed by atoms with Gasteiger partial charge in [-0.05, 0) is 25.7 Å². The minimum Gasteiger partial charge on any atom is -0.305 e. The molecule has 1 nitrogen and oxygen atoms in total. The molecule has 0 aromatic heterocycles. The average Bonchev–Trinajstić information content (AvgIpc) is 2.48. The molecule has 2 atom stereocenters. The van der Waals surface area contributed by atoms with Gasteiger partial charge in [-0.2, -0.15) is 8.78 Å². The number of hydrogen-bond donors (Lipinski definition) is 1. The molecule has 0 aromatic carbocycles. The van der Waals surface area contributed by atoms with Crippen LogP contribution < -0.4 is 5.32 Å². The smallest absolute Gasteiger partial charge is 0.268 e. The first kappa shape index (κ1) is 10.6. The fraction of sp³-hybridized carbons (Fsp3) is 0.800. The topological polar surface area (TPSA) is 12.0 Å². The van der Waals surface area contributed by atoms with E-state index in [1.807, 2.05) is 6.92 Å². The largest absolute Gasteiger partial charge is 0.305 e. The minimum atomic E-state index is -1.56. The van der Waals surface area contributed by atoms with Crippen LogP contribution in [-0.2, 0) is 0 Å². The molecule has 0 aromatic rings. The first-order valence-electron chi connectivity index (χ1n) is 4.93. The van der Waals surface area contributed by atoms with E-state index in [2.05, 4.69) is 12.2 Å². The zero-order valence-corrected chi connectivity index (χ0v) is 8.24. The lowest BCUT2D eigenvalue weighted by molar-refractivity contribution is 0.368. The van der Waals surface area contributed by atoms with E-state index in [1.54, 1.807) is 0 Å². The molecule has 1 aliphatic heterocycles. The molecule has 0 aliphatic carbocycles. The molecule has 1 fully saturated rings. The Labute approximate surface area is 78.2 Å². The Hall–Kier alpha value is -0.440. The van der Waals surface area contributed by atoms with Gasteiger partial charge in [0.2, 0.25) is 0 Å². The molecule has 1 heterocycles. The van der Waals surface area contributed by atoms with Gasteiger partial charge in [-0.25, -0.2) is 0 Å². The first-order valence-corrected chi connectivity index (χ1v) is 4.93. The lowest BCUT2D eigenvalue weighted by atomic mass is 9.94. The molecule has 0 amide bonds. The SMILES string of the molecule is CC[C@H]1CC[C@@](C=C(F)F)(CC)N1. The van der Waals surface area contributed by atoms with Crippen LogP contribution in [0.4, 0.5) is 8.78 Å². The van der Waals surface area contributed by atoms with Crippen molar-refractivity contribution < 1.29 is 8.78 Å². The highest BCUT2D eigenvalue weighted by molar-refractivity contribution is 5.11. The Kier molecular flexibility index (Phi) is 3.42. The Balaban J connectivity index is 2.68. The van der Waals surface area contributed by atoms with Gasteiger partial charge in [0.05, 0.1) is 0 Å². The van der Waals surface area contributed by atoms with Crippen molar-refractivity contribution in [2.75, 3.05) is 0 Å². The fourth-order valence-electron chi connectivity index (χ4n) is 1.99. The number of rotatable bonds is 3. The summed E-state index contributed by atoms with van der Waals surface area (Å²) in [5, 5.41) is 3.28. The highest BCUT2D eigenvalue weighted by atomic mass is 19.3. The van der Waals surface area contributed by atoms with Crippen LogP contribution in [0.5, 0.6) is 0 Å². The summed E-state index contributed by atoms with van der Waals surface area (Å²) < 4.78 is 24.3. The summed E-state index contributed by atoms with van der Waals surface area (Å²) in [5.74, 6) is 0. The molecular formula is C10H17F2N. The summed E-state index contributed by atoms with van der Waals surface area (Å²) in [6.07, 6.45) is 3.12. The van der Waals surface area contributed by atoms with Gasteiger partial charge in [-0.15, -0.1) is 0 Å². The zero-order chi connectivity index (χ0) is 9.90. The summed E-state index contributed by atoms with van der Waals surface area (Å²) in [5.41, 5.74) is -0.431. The second kappa shape index (κ2) is 4.18. The van der Waals surface area contributed by atoms with Crippen LogP contribution in [0, 0.1) is 0 Å². The van der Waals surface area contributed by atoms with Crippen LogP contribution in [-0.4, -0.2) is 11.6 Å². The first-order chi connectivity index (χ1) is 6.12. The van der Waals surface area contributed by atoms with Crippen molar-refractivity contribution in [3.63, 3.8) is 0 Å². The van der Waals surface area contributed by atoms with E-state index in [1.165, 1.54) is 0 Å². The predicted octanol–water partition coefficient (Wildman–Crippen LogP) is 3.08. The van der Waals surface area contributed by atoms with E-state index in [0.717, 1.165) is 31.8 Å². The van der Waals surface area contributed by atoms with Crippen LogP contribution in [0.3, 0.4) is 0 Å². The minimum absolute atomic E-state index is 0.413.